The molecule has 296 valence electrons. The first kappa shape index (κ1) is 40.3. The summed E-state index contributed by atoms with van der Waals surface area (Å²) in [5.74, 6) is 1.67. The summed E-state index contributed by atoms with van der Waals surface area (Å²) in [5, 5.41) is 13.5. The number of aliphatic imine (C=N–C) groups is 1. The van der Waals surface area contributed by atoms with E-state index in [0.29, 0.717) is 46.8 Å². The molecule has 3 amide bonds. The number of nitrogens with zero attached hydrogens (tertiary/aromatic N) is 5. The molecule has 1 atom stereocenters. The number of benzene rings is 3. The molecule has 1 aliphatic rings. The first-order valence-corrected chi connectivity index (χ1v) is 18.9. The second kappa shape index (κ2) is 18.5. The summed E-state index contributed by atoms with van der Waals surface area (Å²) in [6.07, 6.45) is 7.56. The molecule has 6 rings (SSSR count). The fourth-order valence-corrected chi connectivity index (χ4v) is 6.04. The zero-order chi connectivity index (χ0) is 40.4. The summed E-state index contributed by atoms with van der Waals surface area (Å²) in [7, 11) is 1.73. The van der Waals surface area contributed by atoms with Crippen LogP contribution in [-0.2, 0) is 11.3 Å². The Morgan fingerprint density at radius 1 is 0.982 bits per heavy atom. The van der Waals surface area contributed by atoms with Crippen LogP contribution in [0.4, 0.5) is 27.8 Å². The van der Waals surface area contributed by atoms with Gasteiger partial charge in [-0.05, 0) is 55.3 Å². The zero-order valence-corrected chi connectivity index (χ0v) is 33.0. The van der Waals surface area contributed by atoms with Gasteiger partial charge in [-0.15, -0.1) is 0 Å². The third-order valence-corrected chi connectivity index (χ3v) is 9.45. The number of anilines is 3. The Balaban J connectivity index is 1.06. The van der Waals surface area contributed by atoms with Crippen molar-refractivity contribution < 1.29 is 19.1 Å². The standard InChI is InChI=1S/C43H50N10O4/c1-28-10-12-30(13-11-28)49-39(23-37(44)43(2,3)4)52-42(55)50-34-14-15-36(33-9-7-6-8-32(33)34)57-27-29-16-18-45-38(22-29)51-40-25-47-35(24-48-40)41(54)46-19-21-53-20-17-31(26-53)56-5/h6-16,18,22-25,31H,17,19-21,26-27,44H2,1-5H3,(H,46,54)(H,45,48,51)(H2,49,50,52,55). The van der Waals surface area contributed by atoms with E-state index < -0.39 is 6.03 Å². The van der Waals surface area contributed by atoms with Crippen molar-refractivity contribution >= 4 is 51.6 Å². The third kappa shape index (κ3) is 11.3. The fraction of sp³-hybridized carbons (Fsp3) is 0.302. The van der Waals surface area contributed by atoms with Gasteiger partial charge in [0.15, 0.2) is 0 Å². The number of rotatable bonds is 13. The highest BCUT2D eigenvalue weighted by molar-refractivity contribution is 6.11. The minimum Gasteiger partial charge on any atom is -0.488 e. The number of methoxy groups -OCH3 is 1. The third-order valence-electron chi connectivity index (χ3n) is 9.45. The number of aromatic nitrogens is 3. The average Bonchev–Trinajstić information content (AvgIpc) is 3.66. The van der Waals surface area contributed by atoms with E-state index in [-0.39, 0.29) is 29.7 Å². The van der Waals surface area contributed by atoms with Crippen LogP contribution in [0.1, 0.15) is 48.8 Å². The van der Waals surface area contributed by atoms with Gasteiger partial charge in [-0.2, -0.15) is 0 Å². The van der Waals surface area contributed by atoms with Crippen molar-refractivity contribution in [2.24, 2.45) is 16.1 Å². The van der Waals surface area contributed by atoms with Gasteiger partial charge in [0.05, 0.1) is 29.9 Å². The van der Waals surface area contributed by atoms with Gasteiger partial charge in [0.1, 0.15) is 35.5 Å². The number of nitrogens with two attached hydrogens (primary N) is 1. The summed E-state index contributed by atoms with van der Waals surface area (Å²) in [6.45, 7) is 11.3. The Hall–Kier alpha value is -6.38. The molecule has 2 aromatic heterocycles. The molecule has 0 saturated carbocycles. The molecular formula is C43H50N10O4. The van der Waals surface area contributed by atoms with Crippen LogP contribution < -0.4 is 31.7 Å². The molecule has 0 spiro atoms. The van der Waals surface area contributed by atoms with Crippen LogP contribution >= 0.6 is 0 Å². The molecule has 6 N–H and O–H groups in total. The lowest BCUT2D eigenvalue weighted by atomic mass is 9.92. The molecule has 14 heteroatoms. The van der Waals surface area contributed by atoms with E-state index in [1.54, 1.807) is 25.4 Å². The van der Waals surface area contributed by atoms with Gasteiger partial charge in [0, 0.05) is 67.4 Å². The molecule has 5 aromatic rings. The highest BCUT2D eigenvalue weighted by Crippen LogP contribution is 2.32. The van der Waals surface area contributed by atoms with Crippen LogP contribution in [0.3, 0.4) is 0 Å². The number of hydrogen-bond donors (Lipinski definition) is 5. The maximum absolute atomic E-state index is 13.4. The second-order valence-electron chi connectivity index (χ2n) is 14.9. The lowest BCUT2D eigenvalue weighted by Gasteiger charge is -2.19. The number of likely N-dealkylation sites (tertiary alicyclic amines) is 1. The molecule has 1 unspecified atom stereocenters. The van der Waals surface area contributed by atoms with E-state index in [1.165, 1.54) is 12.4 Å². The quantitative estimate of drug-likeness (QED) is 0.0628. The van der Waals surface area contributed by atoms with Crippen LogP contribution in [-0.4, -0.2) is 77.0 Å². The first-order valence-electron chi connectivity index (χ1n) is 18.9. The highest BCUT2D eigenvalue weighted by Gasteiger charge is 2.22. The van der Waals surface area contributed by atoms with Gasteiger partial charge in [0.2, 0.25) is 0 Å². The molecule has 0 radical (unpaired) electrons. The summed E-state index contributed by atoms with van der Waals surface area (Å²) in [6, 6.07) is 22.3. The van der Waals surface area contributed by atoms with Gasteiger partial charge in [-0.25, -0.2) is 24.7 Å². The van der Waals surface area contributed by atoms with Crippen molar-refractivity contribution in [1.29, 1.82) is 0 Å². The number of pyridine rings is 1. The monoisotopic (exact) mass is 770 g/mol. The normalized spacial score (nSPS) is 15.0. The molecule has 3 aromatic carbocycles. The van der Waals surface area contributed by atoms with E-state index in [9.17, 15) is 9.59 Å². The number of carbonyl (C=O) groups is 2. The minimum absolute atomic E-state index is 0.232. The Morgan fingerprint density at radius 3 is 2.49 bits per heavy atom. The molecule has 0 aliphatic carbocycles. The van der Waals surface area contributed by atoms with Gasteiger partial charge in [0.25, 0.3) is 5.91 Å². The minimum atomic E-state index is -0.466. The zero-order valence-electron chi connectivity index (χ0n) is 33.0. The second-order valence-corrected chi connectivity index (χ2v) is 14.9. The number of aryl methyl sites for hydroxylation is 1. The molecule has 1 aliphatic heterocycles. The lowest BCUT2D eigenvalue weighted by molar-refractivity contribution is 0.0938. The number of ether oxygens (including phenoxy) is 2. The Kier molecular flexibility index (Phi) is 13.1. The van der Waals surface area contributed by atoms with Crippen LogP contribution in [0.15, 0.2) is 108 Å². The number of nitrogens with one attached hydrogen (secondary N) is 4. The van der Waals surface area contributed by atoms with Gasteiger partial charge in [-0.1, -0.05) is 62.7 Å². The number of fused-ring (bicyclic) bond motifs is 1. The Morgan fingerprint density at radius 2 is 1.77 bits per heavy atom. The Bertz CT molecular complexity index is 2230. The first-order chi connectivity index (χ1) is 27.4. The smallest absolute Gasteiger partial charge is 0.324 e. The van der Waals surface area contributed by atoms with Crippen molar-refractivity contribution in [3.05, 3.63) is 120 Å². The Labute approximate surface area is 333 Å². The number of amides is 3. The van der Waals surface area contributed by atoms with E-state index >= 15 is 0 Å². The van der Waals surface area contributed by atoms with Crippen LogP contribution in [0.25, 0.3) is 10.8 Å². The largest absolute Gasteiger partial charge is 0.488 e. The summed E-state index contributed by atoms with van der Waals surface area (Å²) >= 11 is 0. The summed E-state index contributed by atoms with van der Waals surface area (Å²) in [4.78, 5) is 46.0. The molecule has 1 fully saturated rings. The van der Waals surface area contributed by atoms with E-state index in [2.05, 4.69) is 46.1 Å². The summed E-state index contributed by atoms with van der Waals surface area (Å²) in [5.41, 5.74) is 10.1. The maximum atomic E-state index is 13.4. The number of urea groups is 1. The number of amidine groups is 1. The number of carbonyl (C=O) groups excluding carboxylic acids is 2. The van der Waals surface area contributed by atoms with E-state index in [0.717, 1.165) is 48.0 Å². The number of hydrogen-bond acceptors (Lipinski definition) is 11. The predicted molar refractivity (Wildman–Crippen MR) is 224 cm³/mol. The van der Waals surface area contributed by atoms with Gasteiger partial charge >= 0.3 is 6.03 Å². The molecule has 14 nitrogen and oxygen atoms in total. The molecule has 0 bridgehead atoms. The lowest BCUT2D eigenvalue weighted by Crippen LogP contribution is -2.34. The summed E-state index contributed by atoms with van der Waals surface area (Å²) < 4.78 is 11.7. The fourth-order valence-electron chi connectivity index (χ4n) is 6.04. The van der Waals surface area contributed by atoms with Crippen LogP contribution in [0.5, 0.6) is 5.75 Å². The van der Waals surface area contributed by atoms with Crippen LogP contribution in [0.2, 0.25) is 0 Å². The number of allylic oxidation sites excluding steroid dienone is 1. The van der Waals surface area contributed by atoms with E-state index in [4.69, 9.17) is 15.2 Å². The van der Waals surface area contributed by atoms with Crippen LogP contribution in [0, 0.1) is 12.3 Å². The van der Waals surface area contributed by atoms with Crippen molar-refractivity contribution in [3.8, 4) is 5.75 Å². The molecular weight excluding hydrogens is 721 g/mol. The average molecular weight is 771 g/mol. The molecule has 3 heterocycles. The van der Waals surface area contributed by atoms with Gasteiger partial charge < -0.3 is 31.2 Å². The molecule has 57 heavy (non-hydrogen) atoms. The van der Waals surface area contributed by atoms with Crippen molar-refractivity contribution in [1.82, 2.24) is 30.5 Å². The van der Waals surface area contributed by atoms with Gasteiger partial charge in [-0.3, -0.25) is 15.0 Å². The van der Waals surface area contributed by atoms with Crippen molar-refractivity contribution in [3.63, 3.8) is 0 Å². The molecule has 1 saturated heterocycles. The highest BCUT2D eigenvalue weighted by atomic mass is 16.5. The van der Waals surface area contributed by atoms with Crippen molar-refractivity contribution in [2.45, 2.75) is 46.8 Å². The maximum Gasteiger partial charge on any atom is 0.324 e. The SMILES string of the molecule is COC1CCN(CCNC(=O)c2cnc(Nc3cc(COc4ccc(NC(=O)NC(C=C(N)C(C)(C)C)=Nc5ccc(C)cc5)c5ccccc45)ccn3)cn2)C1. The van der Waals surface area contributed by atoms with E-state index in [1.807, 2.05) is 94.4 Å². The van der Waals surface area contributed by atoms with Crippen molar-refractivity contribution in [2.75, 3.05) is 43.9 Å². The predicted octanol–water partition coefficient (Wildman–Crippen LogP) is 6.85. The topological polar surface area (TPSA) is 181 Å².